The van der Waals surface area contributed by atoms with Crippen molar-refractivity contribution < 1.29 is 4.74 Å². The molecule has 2 aromatic rings. The topological polar surface area (TPSA) is 35.0 Å². The predicted octanol–water partition coefficient (Wildman–Crippen LogP) is 4.73. The van der Waals surface area contributed by atoms with Crippen molar-refractivity contribution >= 4 is 0 Å². The fraction of sp³-hybridized carbons (Fsp3) is 0.444. The van der Waals surface area contributed by atoms with Crippen LogP contribution in [0.3, 0.4) is 0 Å². The number of hydrogen-bond donors (Lipinski definition) is 0. The summed E-state index contributed by atoms with van der Waals surface area (Å²) in [5, 5.41) is 0. The normalized spacial score (nSPS) is 10.3. The van der Waals surface area contributed by atoms with Gasteiger partial charge in [0.2, 0.25) is 0 Å². The quantitative estimate of drug-likeness (QED) is 0.818. The maximum atomic E-state index is 4.96. The van der Waals surface area contributed by atoms with Crippen molar-refractivity contribution in [2.45, 2.75) is 46.5 Å². The van der Waals surface area contributed by atoms with Crippen LogP contribution in [0.2, 0.25) is 0 Å². The first-order chi connectivity index (χ1) is 9.93. The van der Waals surface area contributed by atoms with E-state index >= 15 is 0 Å². The van der Waals surface area contributed by atoms with Crippen molar-refractivity contribution in [2.75, 3.05) is 7.11 Å². The standard InChI is InChI=1S/C9H14N2O.C9H12/c1-6(2)8-5-7(3)10-9(11-8)12-4;1-8(2)9-6-4-3-5-7-9/h5-6H,1-4H3;3-8H,1-2H3. The van der Waals surface area contributed by atoms with Gasteiger partial charge in [0.1, 0.15) is 0 Å². The van der Waals surface area contributed by atoms with Crippen LogP contribution < -0.4 is 4.74 Å². The van der Waals surface area contributed by atoms with Gasteiger partial charge < -0.3 is 4.74 Å². The molecule has 0 fully saturated rings. The molecule has 0 atom stereocenters. The molecule has 114 valence electrons. The van der Waals surface area contributed by atoms with Gasteiger partial charge in [0.25, 0.3) is 0 Å². The number of rotatable bonds is 3. The van der Waals surface area contributed by atoms with Crippen LogP contribution >= 0.6 is 0 Å². The molecular formula is C18H26N2O. The fourth-order valence-electron chi connectivity index (χ4n) is 1.79. The molecular weight excluding hydrogens is 260 g/mol. The van der Waals surface area contributed by atoms with Gasteiger partial charge in [0.15, 0.2) is 0 Å². The van der Waals surface area contributed by atoms with E-state index in [1.165, 1.54) is 5.56 Å². The maximum absolute atomic E-state index is 4.96. The van der Waals surface area contributed by atoms with Crippen LogP contribution in [-0.2, 0) is 0 Å². The molecule has 0 unspecified atom stereocenters. The van der Waals surface area contributed by atoms with Crippen molar-refractivity contribution in [1.82, 2.24) is 9.97 Å². The van der Waals surface area contributed by atoms with Gasteiger partial charge in [-0.1, -0.05) is 58.0 Å². The van der Waals surface area contributed by atoms with Crippen molar-refractivity contribution in [1.29, 1.82) is 0 Å². The number of ether oxygens (including phenoxy) is 1. The van der Waals surface area contributed by atoms with E-state index in [2.05, 4.69) is 61.9 Å². The van der Waals surface area contributed by atoms with Crippen molar-refractivity contribution in [2.24, 2.45) is 0 Å². The van der Waals surface area contributed by atoms with Crippen molar-refractivity contribution in [3.63, 3.8) is 0 Å². The van der Waals surface area contributed by atoms with Crippen LogP contribution in [0.25, 0.3) is 0 Å². The van der Waals surface area contributed by atoms with E-state index in [0.717, 1.165) is 11.4 Å². The first-order valence-corrected chi connectivity index (χ1v) is 7.38. The van der Waals surface area contributed by atoms with Crippen LogP contribution in [0.1, 0.15) is 56.5 Å². The third kappa shape index (κ3) is 5.94. The highest BCUT2D eigenvalue weighted by Crippen LogP contribution is 2.14. The second-order valence-corrected chi connectivity index (χ2v) is 5.64. The highest BCUT2D eigenvalue weighted by Gasteiger charge is 2.04. The summed E-state index contributed by atoms with van der Waals surface area (Å²) in [6.45, 7) is 10.5. The Balaban J connectivity index is 0.000000219. The summed E-state index contributed by atoms with van der Waals surface area (Å²) in [6.07, 6.45) is 0. The summed E-state index contributed by atoms with van der Waals surface area (Å²) in [7, 11) is 1.58. The lowest BCUT2D eigenvalue weighted by Gasteiger charge is -2.06. The largest absolute Gasteiger partial charge is 0.467 e. The predicted molar refractivity (Wildman–Crippen MR) is 87.9 cm³/mol. The van der Waals surface area contributed by atoms with Gasteiger partial charge in [-0.2, -0.15) is 4.98 Å². The molecule has 0 saturated heterocycles. The first-order valence-electron chi connectivity index (χ1n) is 7.38. The summed E-state index contributed by atoms with van der Waals surface area (Å²) in [5.74, 6) is 1.08. The Kier molecular flexibility index (Phi) is 6.86. The summed E-state index contributed by atoms with van der Waals surface area (Å²) in [4.78, 5) is 8.32. The molecule has 0 bridgehead atoms. The minimum absolute atomic E-state index is 0.417. The Morgan fingerprint density at radius 2 is 1.52 bits per heavy atom. The zero-order valence-corrected chi connectivity index (χ0v) is 13.9. The molecule has 3 heteroatoms. The molecule has 1 aromatic heterocycles. The average Bonchev–Trinajstić information content (AvgIpc) is 2.48. The van der Waals surface area contributed by atoms with E-state index in [-0.39, 0.29) is 0 Å². The Morgan fingerprint density at radius 1 is 0.905 bits per heavy atom. The lowest BCUT2D eigenvalue weighted by molar-refractivity contribution is 0.376. The van der Waals surface area contributed by atoms with Gasteiger partial charge in [-0.05, 0) is 30.4 Å². The molecule has 2 rings (SSSR count). The van der Waals surface area contributed by atoms with E-state index in [1.807, 2.05) is 19.1 Å². The number of aryl methyl sites for hydroxylation is 1. The molecule has 0 spiro atoms. The number of methoxy groups -OCH3 is 1. The molecule has 21 heavy (non-hydrogen) atoms. The number of benzene rings is 1. The van der Waals surface area contributed by atoms with E-state index in [4.69, 9.17) is 4.74 Å². The van der Waals surface area contributed by atoms with Gasteiger partial charge in [0.05, 0.1) is 12.8 Å². The molecule has 0 aliphatic carbocycles. The highest BCUT2D eigenvalue weighted by atomic mass is 16.5. The Hall–Kier alpha value is -1.90. The minimum atomic E-state index is 0.417. The zero-order valence-electron chi connectivity index (χ0n) is 13.9. The van der Waals surface area contributed by atoms with E-state index < -0.39 is 0 Å². The molecule has 0 aliphatic rings. The third-order valence-electron chi connectivity index (χ3n) is 3.09. The van der Waals surface area contributed by atoms with Crippen LogP contribution in [-0.4, -0.2) is 17.1 Å². The molecule has 0 N–H and O–H groups in total. The van der Waals surface area contributed by atoms with Gasteiger partial charge in [-0.15, -0.1) is 0 Å². The Bertz CT molecular complexity index is 536. The monoisotopic (exact) mass is 286 g/mol. The number of nitrogens with zero attached hydrogens (tertiary/aromatic N) is 2. The fourth-order valence-corrected chi connectivity index (χ4v) is 1.79. The second-order valence-electron chi connectivity index (χ2n) is 5.64. The first kappa shape index (κ1) is 17.2. The molecule has 0 amide bonds. The Morgan fingerprint density at radius 3 is 1.95 bits per heavy atom. The second kappa shape index (κ2) is 8.40. The van der Waals surface area contributed by atoms with Gasteiger partial charge in [-0.3, -0.25) is 0 Å². The molecule has 1 heterocycles. The van der Waals surface area contributed by atoms with Crippen molar-refractivity contribution in [3.05, 3.63) is 53.3 Å². The minimum Gasteiger partial charge on any atom is -0.467 e. The van der Waals surface area contributed by atoms with E-state index in [1.54, 1.807) is 7.11 Å². The lowest BCUT2D eigenvalue weighted by Crippen LogP contribution is -1.99. The summed E-state index contributed by atoms with van der Waals surface area (Å²) in [6, 6.07) is 13.0. The third-order valence-corrected chi connectivity index (χ3v) is 3.09. The smallest absolute Gasteiger partial charge is 0.316 e. The van der Waals surface area contributed by atoms with Crippen LogP contribution in [0.15, 0.2) is 36.4 Å². The summed E-state index contributed by atoms with van der Waals surface area (Å²) >= 11 is 0. The van der Waals surface area contributed by atoms with Gasteiger partial charge in [0, 0.05) is 5.69 Å². The molecule has 0 radical (unpaired) electrons. The van der Waals surface area contributed by atoms with Crippen LogP contribution in [0.5, 0.6) is 6.01 Å². The highest BCUT2D eigenvalue weighted by molar-refractivity contribution is 5.17. The number of hydrogen-bond acceptors (Lipinski definition) is 3. The molecule has 3 nitrogen and oxygen atoms in total. The van der Waals surface area contributed by atoms with E-state index in [0.29, 0.717) is 17.8 Å². The van der Waals surface area contributed by atoms with Gasteiger partial charge >= 0.3 is 6.01 Å². The lowest BCUT2D eigenvalue weighted by atomic mass is 10.0. The molecule has 1 aromatic carbocycles. The zero-order chi connectivity index (χ0) is 15.8. The van der Waals surface area contributed by atoms with Crippen LogP contribution in [0.4, 0.5) is 0 Å². The molecule has 0 saturated carbocycles. The average molecular weight is 286 g/mol. The number of aromatic nitrogens is 2. The maximum Gasteiger partial charge on any atom is 0.316 e. The summed E-state index contributed by atoms with van der Waals surface area (Å²) in [5.41, 5.74) is 3.39. The van der Waals surface area contributed by atoms with Gasteiger partial charge in [-0.25, -0.2) is 4.98 Å². The SMILES string of the molecule is CC(C)c1ccccc1.COc1nc(C)cc(C(C)C)n1. The van der Waals surface area contributed by atoms with E-state index in [9.17, 15) is 0 Å². The Labute approximate surface area is 128 Å². The van der Waals surface area contributed by atoms with Crippen molar-refractivity contribution in [3.8, 4) is 6.01 Å². The molecule has 0 aliphatic heterocycles. The summed E-state index contributed by atoms with van der Waals surface area (Å²) < 4.78 is 4.96. The van der Waals surface area contributed by atoms with Crippen LogP contribution in [0, 0.1) is 6.92 Å².